The van der Waals surface area contributed by atoms with Crippen LogP contribution in [0.15, 0.2) is 60.7 Å². The van der Waals surface area contributed by atoms with Gasteiger partial charge in [-0.25, -0.2) is 0 Å². The summed E-state index contributed by atoms with van der Waals surface area (Å²) in [4.78, 5) is 16.0. The minimum atomic E-state index is -0.741. The summed E-state index contributed by atoms with van der Waals surface area (Å²) in [5, 5.41) is 9.33. The van der Waals surface area contributed by atoms with E-state index in [1.54, 1.807) is 0 Å². The molecule has 0 radical (unpaired) electrons. The third-order valence-corrected chi connectivity index (χ3v) is 4.70. The topological polar surface area (TPSA) is 43.8 Å². The minimum absolute atomic E-state index is 0.00943. The quantitative estimate of drug-likeness (QED) is 0.917. The average molecular weight is 324 g/mol. The first kappa shape index (κ1) is 16.5. The summed E-state index contributed by atoms with van der Waals surface area (Å²) in [6, 6.07) is 20.9. The fraction of sp³-hybridized carbons (Fsp3) is 0.350. The zero-order valence-corrected chi connectivity index (χ0v) is 14.0. The maximum absolute atomic E-state index is 11.3. The molecule has 0 bridgehead atoms. The van der Waals surface area contributed by atoms with E-state index in [9.17, 15) is 9.90 Å². The number of carboxylic acids is 1. The zero-order chi connectivity index (χ0) is 16.9. The van der Waals surface area contributed by atoms with Gasteiger partial charge in [-0.2, -0.15) is 0 Å². The van der Waals surface area contributed by atoms with Gasteiger partial charge in [-0.3, -0.25) is 9.69 Å². The lowest BCUT2D eigenvalue weighted by Gasteiger charge is -2.46. The molecule has 0 aromatic heterocycles. The normalized spacial score (nSPS) is 21.6. The van der Waals surface area contributed by atoms with Gasteiger partial charge in [-0.05, 0) is 24.6 Å². The summed E-state index contributed by atoms with van der Waals surface area (Å²) in [7, 11) is 0. The van der Waals surface area contributed by atoms with Crippen LogP contribution in [0.4, 0.5) is 5.69 Å². The largest absolute Gasteiger partial charge is 0.481 e. The molecule has 3 rings (SSSR count). The Balaban J connectivity index is 1.78. The van der Waals surface area contributed by atoms with E-state index in [0.717, 1.165) is 25.3 Å². The monoisotopic (exact) mass is 324 g/mol. The molecule has 1 heterocycles. The van der Waals surface area contributed by atoms with Gasteiger partial charge in [-0.1, -0.05) is 48.5 Å². The maximum atomic E-state index is 11.3. The van der Waals surface area contributed by atoms with Crippen LogP contribution in [0.5, 0.6) is 0 Å². The Labute approximate surface area is 143 Å². The Hall–Kier alpha value is -2.33. The molecule has 2 aromatic rings. The van der Waals surface area contributed by atoms with Crippen molar-refractivity contribution in [2.75, 3.05) is 18.0 Å². The molecule has 1 aliphatic rings. The van der Waals surface area contributed by atoms with E-state index in [-0.39, 0.29) is 12.5 Å². The lowest BCUT2D eigenvalue weighted by Crippen LogP contribution is -2.57. The minimum Gasteiger partial charge on any atom is -0.481 e. The van der Waals surface area contributed by atoms with Crippen molar-refractivity contribution in [3.63, 3.8) is 0 Å². The fourth-order valence-electron chi connectivity index (χ4n) is 3.45. The van der Waals surface area contributed by atoms with Gasteiger partial charge in [0.15, 0.2) is 0 Å². The van der Waals surface area contributed by atoms with Gasteiger partial charge in [0.1, 0.15) is 0 Å². The van der Waals surface area contributed by atoms with Gasteiger partial charge >= 0.3 is 5.97 Å². The van der Waals surface area contributed by atoms with Crippen LogP contribution in [0.25, 0.3) is 0 Å². The van der Waals surface area contributed by atoms with E-state index >= 15 is 0 Å². The summed E-state index contributed by atoms with van der Waals surface area (Å²) in [6.07, 6.45) is 0.160. The van der Waals surface area contributed by atoms with E-state index in [0.29, 0.717) is 6.04 Å². The second-order valence-corrected chi connectivity index (χ2v) is 6.50. The van der Waals surface area contributed by atoms with Crippen LogP contribution >= 0.6 is 0 Å². The van der Waals surface area contributed by atoms with Crippen LogP contribution in [0.1, 0.15) is 18.9 Å². The predicted octanol–water partition coefficient (Wildman–Crippen LogP) is 3.24. The van der Waals surface area contributed by atoms with Crippen LogP contribution in [0, 0.1) is 0 Å². The van der Waals surface area contributed by atoms with Crippen molar-refractivity contribution >= 4 is 11.7 Å². The number of carbonyl (C=O) groups is 1. The maximum Gasteiger partial charge on any atom is 0.305 e. The van der Waals surface area contributed by atoms with Gasteiger partial charge < -0.3 is 10.0 Å². The van der Waals surface area contributed by atoms with Crippen molar-refractivity contribution in [3.05, 3.63) is 66.2 Å². The third kappa shape index (κ3) is 3.95. The first-order chi connectivity index (χ1) is 11.6. The lowest BCUT2D eigenvalue weighted by molar-refractivity contribution is -0.137. The summed E-state index contributed by atoms with van der Waals surface area (Å²) in [5.41, 5.74) is 2.38. The molecule has 24 heavy (non-hydrogen) atoms. The highest BCUT2D eigenvalue weighted by atomic mass is 16.4. The van der Waals surface area contributed by atoms with E-state index in [1.807, 2.05) is 24.3 Å². The molecule has 1 aliphatic heterocycles. The first-order valence-electron chi connectivity index (χ1n) is 8.45. The molecule has 2 atom stereocenters. The number of rotatable bonds is 5. The molecule has 1 fully saturated rings. The zero-order valence-electron chi connectivity index (χ0n) is 14.0. The number of hydrogen-bond donors (Lipinski definition) is 1. The number of aliphatic carboxylic acids is 1. The highest BCUT2D eigenvalue weighted by molar-refractivity contribution is 5.68. The molecule has 0 aliphatic carbocycles. The molecular formula is C20H24N2O2. The summed E-state index contributed by atoms with van der Waals surface area (Å²) in [5.74, 6) is -0.741. The van der Waals surface area contributed by atoms with Crippen molar-refractivity contribution in [2.24, 2.45) is 0 Å². The van der Waals surface area contributed by atoms with Crippen LogP contribution in [0.3, 0.4) is 0 Å². The molecule has 1 saturated heterocycles. The Morgan fingerprint density at radius 1 is 1.04 bits per heavy atom. The van der Waals surface area contributed by atoms with Crippen LogP contribution in [-0.4, -0.2) is 41.1 Å². The number of anilines is 1. The van der Waals surface area contributed by atoms with Gasteiger partial charge in [0.05, 0.1) is 12.5 Å². The highest BCUT2D eigenvalue weighted by Gasteiger charge is 2.32. The van der Waals surface area contributed by atoms with Crippen LogP contribution in [-0.2, 0) is 11.3 Å². The van der Waals surface area contributed by atoms with E-state index in [1.165, 1.54) is 5.56 Å². The Kier molecular flexibility index (Phi) is 5.16. The number of benzene rings is 2. The number of para-hydroxylation sites is 1. The van der Waals surface area contributed by atoms with Gasteiger partial charge in [0.2, 0.25) is 0 Å². The summed E-state index contributed by atoms with van der Waals surface area (Å²) < 4.78 is 0. The molecule has 4 nitrogen and oxygen atoms in total. The smallest absolute Gasteiger partial charge is 0.305 e. The molecule has 126 valence electrons. The molecule has 0 saturated carbocycles. The molecule has 0 unspecified atom stereocenters. The van der Waals surface area contributed by atoms with Crippen molar-refractivity contribution in [1.82, 2.24) is 4.90 Å². The molecule has 2 aromatic carbocycles. The third-order valence-electron chi connectivity index (χ3n) is 4.70. The highest BCUT2D eigenvalue weighted by Crippen LogP contribution is 2.26. The molecule has 4 heteroatoms. The van der Waals surface area contributed by atoms with Crippen LogP contribution < -0.4 is 4.90 Å². The second-order valence-electron chi connectivity index (χ2n) is 6.50. The number of hydrogen-bond acceptors (Lipinski definition) is 3. The van der Waals surface area contributed by atoms with E-state index < -0.39 is 5.97 Å². The molecule has 0 amide bonds. The number of nitrogens with zero attached hydrogens (tertiary/aromatic N) is 2. The van der Waals surface area contributed by atoms with Gasteiger partial charge in [0.25, 0.3) is 0 Å². The van der Waals surface area contributed by atoms with Gasteiger partial charge in [-0.15, -0.1) is 0 Å². The predicted molar refractivity (Wildman–Crippen MR) is 96.1 cm³/mol. The molecule has 1 N–H and O–H groups in total. The Morgan fingerprint density at radius 2 is 1.67 bits per heavy atom. The van der Waals surface area contributed by atoms with Crippen molar-refractivity contribution < 1.29 is 9.90 Å². The summed E-state index contributed by atoms with van der Waals surface area (Å²) >= 11 is 0. The average Bonchev–Trinajstić information content (AvgIpc) is 2.59. The standard InChI is InChI=1S/C20H24N2O2/c1-16-13-22(18-10-6-3-7-11-18)19(12-20(23)24)15-21(16)14-17-8-4-2-5-9-17/h2-11,16,19H,12-15H2,1H3,(H,23,24)/t16-,19-/m1/s1. The summed E-state index contributed by atoms with van der Waals surface area (Å²) in [6.45, 7) is 4.68. The van der Waals surface area contributed by atoms with Crippen molar-refractivity contribution in [3.8, 4) is 0 Å². The van der Waals surface area contributed by atoms with Crippen LogP contribution in [0.2, 0.25) is 0 Å². The first-order valence-corrected chi connectivity index (χ1v) is 8.45. The number of carboxylic acid groups (broad SMARTS) is 1. The Morgan fingerprint density at radius 3 is 2.29 bits per heavy atom. The van der Waals surface area contributed by atoms with Gasteiger partial charge in [0, 0.05) is 31.4 Å². The number of piperazine rings is 1. The second kappa shape index (κ2) is 7.49. The molecular weight excluding hydrogens is 300 g/mol. The van der Waals surface area contributed by atoms with Crippen molar-refractivity contribution in [2.45, 2.75) is 32.0 Å². The van der Waals surface area contributed by atoms with E-state index in [2.05, 4.69) is 53.1 Å². The fourth-order valence-corrected chi connectivity index (χ4v) is 3.45. The molecule has 0 spiro atoms. The van der Waals surface area contributed by atoms with Crippen molar-refractivity contribution in [1.29, 1.82) is 0 Å². The lowest BCUT2D eigenvalue weighted by atomic mass is 10.0. The van der Waals surface area contributed by atoms with E-state index in [4.69, 9.17) is 0 Å². The SMILES string of the molecule is C[C@@H]1CN(c2ccccc2)[C@H](CC(=O)O)CN1Cc1ccccc1. The Bertz CT molecular complexity index is 660.